The molecule has 2 amide bonds. The number of hydrogen-bond donors (Lipinski definition) is 2. The SMILES string of the molecule is CCN(CC)C(=O)NC1CC2CCC(C1)N2. The van der Waals surface area contributed by atoms with Crippen molar-refractivity contribution in [2.75, 3.05) is 13.1 Å². The number of fused-ring (bicyclic) bond motifs is 2. The lowest BCUT2D eigenvalue weighted by molar-refractivity contribution is 0.193. The maximum Gasteiger partial charge on any atom is 0.317 e. The third-order valence-corrected chi connectivity index (χ3v) is 3.85. The van der Waals surface area contributed by atoms with Gasteiger partial charge in [-0.1, -0.05) is 0 Å². The van der Waals surface area contributed by atoms with E-state index in [1.54, 1.807) is 0 Å². The van der Waals surface area contributed by atoms with Crippen LogP contribution in [0.2, 0.25) is 0 Å². The Morgan fingerprint density at radius 3 is 2.31 bits per heavy atom. The van der Waals surface area contributed by atoms with E-state index in [0.29, 0.717) is 18.1 Å². The van der Waals surface area contributed by atoms with Gasteiger partial charge in [-0.15, -0.1) is 0 Å². The normalized spacial score (nSPS) is 32.5. The second kappa shape index (κ2) is 5.04. The molecular formula is C12H23N3O. The van der Waals surface area contributed by atoms with Crippen LogP contribution in [0.4, 0.5) is 4.79 Å². The van der Waals surface area contributed by atoms with Crippen molar-refractivity contribution in [1.29, 1.82) is 0 Å². The van der Waals surface area contributed by atoms with E-state index in [1.165, 1.54) is 12.8 Å². The Hall–Kier alpha value is -0.770. The zero-order chi connectivity index (χ0) is 11.5. The van der Waals surface area contributed by atoms with Gasteiger partial charge in [0, 0.05) is 31.2 Å². The van der Waals surface area contributed by atoms with E-state index in [-0.39, 0.29) is 6.03 Å². The number of nitrogens with one attached hydrogen (secondary N) is 2. The first-order valence-electron chi connectivity index (χ1n) is 6.54. The van der Waals surface area contributed by atoms with Gasteiger partial charge in [0.05, 0.1) is 0 Å². The lowest BCUT2D eigenvalue weighted by atomic mass is 10.00. The summed E-state index contributed by atoms with van der Waals surface area (Å²) in [7, 11) is 0. The first kappa shape index (κ1) is 11.7. The summed E-state index contributed by atoms with van der Waals surface area (Å²) in [4.78, 5) is 13.8. The molecule has 4 heteroatoms. The molecule has 2 unspecified atom stereocenters. The minimum absolute atomic E-state index is 0.108. The van der Waals surface area contributed by atoms with Crippen LogP contribution in [-0.2, 0) is 0 Å². The molecule has 2 bridgehead atoms. The number of hydrogen-bond acceptors (Lipinski definition) is 2. The Bertz CT molecular complexity index is 241. The number of piperidine rings is 1. The summed E-state index contributed by atoms with van der Waals surface area (Å²) in [6.45, 7) is 5.63. The summed E-state index contributed by atoms with van der Waals surface area (Å²) >= 11 is 0. The van der Waals surface area contributed by atoms with Gasteiger partial charge in [0.1, 0.15) is 0 Å². The van der Waals surface area contributed by atoms with Crippen LogP contribution in [0.1, 0.15) is 39.5 Å². The predicted molar refractivity (Wildman–Crippen MR) is 64.4 cm³/mol. The van der Waals surface area contributed by atoms with Crippen LogP contribution in [0.25, 0.3) is 0 Å². The fourth-order valence-corrected chi connectivity index (χ4v) is 2.95. The minimum atomic E-state index is 0.108. The van der Waals surface area contributed by atoms with E-state index in [2.05, 4.69) is 10.6 Å². The van der Waals surface area contributed by atoms with Crippen LogP contribution in [0.5, 0.6) is 0 Å². The van der Waals surface area contributed by atoms with Crippen molar-refractivity contribution < 1.29 is 4.79 Å². The highest BCUT2D eigenvalue weighted by atomic mass is 16.2. The van der Waals surface area contributed by atoms with E-state index in [1.807, 2.05) is 18.7 Å². The fraction of sp³-hybridized carbons (Fsp3) is 0.917. The zero-order valence-corrected chi connectivity index (χ0v) is 10.3. The Morgan fingerprint density at radius 1 is 1.25 bits per heavy atom. The van der Waals surface area contributed by atoms with E-state index >= 15 is 0 Å². The molecular weight excluding hydrogens is 202 g/mol. The minimum Gasteiger partial charge on any atom is -0.335 e. The summed E-state index contributed by atoms with van der Waals surface area (Å²) in [5.41, 5.74) is 0. The van der Waals surface area contributed by atoms with E-state index < -0.39 is 0 Å². The zero-order valence-electron chi connectivity index (χ0n) is 10.3. The predicted octanol–water partition coefficient (Wildman–Crippen LogP) is 1.32. The topological polar surface area (TPSA) is 44.4 Å². The van der Waals surface area contributed by atoms with Gasteiger partial charge in [-0.25, -0.2) is 4.79 Å². The average molecular weight is 225 g/mol. The van der Waals surface area contributed by atoms with Crippen LogP contribution in [0, 0.1) is 0 Å². The van der Waals surface area contributed by atoms with Gasteiger partial charge in [-0.3, -0.25) is 0 Å². The fourth-order valence-electron chi connectivity index (χ4n) is 2.95. The Kier molecular flexibility index (Phi) is 3.69. The lowest BCUT2D eigenvalue weighted by Gasteiger charge is -2.31. The summed E-state index contributed by atoms with van der Waals surface area (Å²) in [6.07, 6.45) is 4.76. The number of carbonyl (C=O) groups is 1. The molecule has 0 aromatic carbocycles. The van der Waals surface area contributed by atoms with Gasteiger partial charge < -0.3 is 15.5 Å². The molecule has 2 N–H and O–H groups in total. The molecule has 2 aliphatic rings. The highest BCUT2D eigenvalue weighted by Crippen LogP contribution is 2.26. The second-order valence-electron chi connectivity index (χ2n) is 4.93. The largest absolute Gasteiger partial charge is 0.335 e. The molecule has 2 heterocycles. The highest BCUT2D eigenvalue weighted by molar-refractivity contribution is 5.74. The van der Waals surface area contributed by atoms with Crippen molar-refractivity contribution in [3.05, 3.63) is 0 Å². The second-order valence-corrected chi connectivity index (χ2v) is 4.93. The number of amides is 2. The summed E-state index contributed by atoms with van der Waals surface area (Å²) < 4.78 is 0. The van der Waals surface area contributed by atoms with Gasteiger partial charge in [0.15, 0.2) is 0 Å². The van der Waals surface area contributed by atoms with Gasteiger partial charge in [0.25, 0.3) is 0 Å². The molecule has 0 spiro atoms. The molecule has 16 heavy (non-hydrogen) atoms. The molecule has 0 radical (unpaired) electrons. The third kappa shape index (κ3) is 2.48. The Balaban J connectivity index is 1.83. The number of carbonyl (C=O) groups excluding carboxylic acids is 1. The van der Waals surface area contributed by atoms with E-state index in [4.69, 9.17) is 0 Å². The standard InChI is InChI=1S/C12H23N3O/c1-3-15(4-2)12(16)14-11-7-9-5-6-10(8-11)13-9/h9-11,13H,3-8H2,1-2H3,(H,14,16). The third-order valence-electron chi connectivity index (χ3n) is 3.85. The molecule has 2 saturated heterocycles. The average Bonchev–Trinajstić information content (AvgIpc) is 2.60. The lowest BCUT2D eigenvalue weighted by Crippen LogP contribution is -2.51. The summed E-state index contributed by atoms with van der Waals surface area (Å²) in [5.74, 6) is 0. The van der Waals surface area contributed by atoms with Gasteiger partial charge in [-0.2, -0.15) is 0 Å². The number of rotatable bonds is 3. The highest BCUT2D eigenvalue weighted by Gasteiger charge is 2.34. The van der Waals surface area contributed by atoms with Crippen LogP contribution in [0.15, 0.2) is 0 Å². The van der Waals surface area contributed by atoms with Crippen molar-refractivity contribution in [2.45, 2.75) is 57.7 Å². The van der Waals surface area contributed by atoms with Crippen LogP contribution in [-0.4, -0.2) is 42.1 Å². The molecule has 0 saturated carbocycles. The molecule has 4 nitrogen and oxygen atoms in total. The molecule has 0 aromatic heterocycles. The molecule has 2 fully saturated rings. The first-order chi connectivity index (χ1) is 7.72. The van der Waals surface area contributed by atoms with Crippen molar-refractivity contribution in [3.63, 3.8) is 0 Å². The van der Waals surface area contributed by atoms with E-state index in [0.717, 1.165) is 25.9 Å². The number of urea groups is 1. The monoisotopic (exact) mass is 225 g/mol. The Labute approximate surface area is 97.8 Å². The van der Waals surface area contributed by atoms with Crippen LogP contribution >= 0.6 is 0 Å². The maximum absolute atomic E-state index is 11.9. The molecule has 0 aromatic rings. The molecule has 2 rings (SSSR count). The quantitative estimate of drug-likeness (QED) is 0.761. The van der Waals surface area contributed by atoms with Gasteiger partial charge in [0.2, 0.25) is 0 Å². The van der Waals surface area contributed by atoms with Gasteiger partial charge >= 0.3 is 6.03 Å². The number of nitrogens with zero attached hydrogens (tertiary/aromatic N) is 1. The molecule has 92 valence electrons. The Morgan fingerprint density at radius 2 is 1.81 bits per heavy atom. The smallest absolute Gasteiger partial charge is 0.317 e. The molecule has 2 aliphatic heterocycles. The summed E-state index contributed by atoms with van der Waals surface area (Å²) in [5, 5.41) is 6.75. The molecule has 0 aliphatic carbocycles. The van der Waals surface area contributed by atoms with Gasteiger partial charge in [-0.05, 0) is 39.5 Å². The van der Waals surface area contributed by atoms with E-state index in [9.17, 15) is 4.79 Å². The molecule has 2 atom stereocenters. The van der Waals surface area contributed by atoms with Crippen molar-refractivity contribution in [1.82, 2.24) is 15.5 Å². The van der Waals surface area contributed by atoms with Crippen molar-refractivity contribution in [2.24, 2.45) is 0 Å². The summed E-state index contributed by atoms with van der Waals surface area (Å²) in [6, 6.07) is 1.77. The maximum atomic E-state index is 11.9. The van der Waals surface area contributed by atoms with Crippen LogP contribution in [0.3, 0.4) is 0 Å². The van der Waals surface area contributed by atoms with Crippen molar-refractivity contribution >= 4 is 6.03 Å². The van der Waals surface area contributed by atoms with Crippen LogP contribution < -0.4 is 10.6 Å². The first-order valence-corrected chi connectivity index (χ1v) is 6.54. The van der Waals surface area contributed by atoms with Crippen molar-refractivity contribution in [3.8, 4) is 0 Å².